The highest BCUT2D eigenvalue weighted by Gasteiger charge is 2.27. The van der Waals surface area contributed by atoms with Gasteiger partial charge in [-0.1, -0.05) is 23.7 Å². The fourth-order valence-corrected chi connectivity index (χ4v) is 2.50. The molecule has 0 amide bonds. The monoisotopic (exact) mass is 305 g/mol. The van der Waals surface area contributed by atoms with Crippen LogP contribution in [-0.4, -0.2) is 16.0 Å². The van der Waals surface area contributed by atoms with Crippen LogP contribution in [0.4, 0.5) is 10.2 Å². The molecule has 1 aliphatic rings. The predicted octanol–water partition coefficient (Wildman–Crippen LogP) is 4.19. The van der Waals surface area contributed by atoms with Crippen LogP contribution in [0.15, 0.2) is 30.3 Å². The lowest BCUT2D eigenvalue weighted by atomic mass is 10.1. The molecule has 0 saturated heterocycles. The minimum Gasteiger partial charge on any atom is -0.367 e. The molecule has 1 aromatic carbocycles. The first-order chi connectivity index (χ1) is 10.1. The molecule has 0 bridgehead atoms. The van der Waals surface area contributed by atoms with E-state index in [2.05, 4.69) is 22.2 Å². The zero-order valence-electron chi connectivity index (χ0n) is 11.8. The van der Waals surface area contributed by atoms with E-state index in [9.17, 15) is 4.39 Å². The quantitative estimate of drug-likeness (QED) is 0.842. The molecule has 1 N–H and O–H groups in total. The van der Waals surface area contributed by atoms with Crippen LogP contribution in [0.5, 0.6) is 0 Å². The molecule has 1 fully saturated rings. The standard InChI is InChI=1S/C16H17ClFN3/c1-10(8-11-2-6-13(18)7-3-11)19-15-9-14(17)20-16(21-15)12-4-5-12/h2-3,6-7,9-10,12H,4-5,8H2,1H3,(H,19,20,21). The number of benzene rings is 1. The number of hydrogen-bond acceptors (Lipinski definition) is 3. The summed E-state index contributed by atoms with van der Waals surface area (Å²) in [5.74, 6) is 1.85. The number of nitrogens with one attached hydrogen (secondary N) is 1. The Hall–Kier alpha value is -1.68. The molecule has 1 atom stereocenters. The van der Waals surface area contributed by atoms with Crippen LogP contribution in [0, 0.1) is 5.82 Å². The minimum absolute atomic E-state index is 0.175. The van der Waals surface area contributed by atoms with E-state index in [1.807, 2.05) is 0 Å². The van der Waals surface area contributed by atoms with Gasteiger partial charge in [-0.05, 0) is 43.9 Å². The third-order valence-electron chi connectivity index (χ3n) is 3.50. The average Bonchev–Trinajstić information content (AvgIpc) is 3.25. The van der Waals surface area contributed by atoms with Crippen LogP contribution in [0.1, 0.15) is 37.1 Å². The van der Waals surface area contributed by atoms with Crippen molar-refractivity contribution in [2.45, 2.75) is 38.1 Å². The second-order valence-corrected chi connectivity index (χ2v) is 5.97. The van der Waals surface area contributed by atoms with Crippen molar-refractivity contribution in [3.8, 4) is 0 Å². The van der Waals surface area contributed by atoms with E-state index >= 15 is 0 Å². The van der Waals surface area contributed by atoms with E-state index in [-0.39, 0.29) is 11.9 Å². The number of anilines is 1. The topological polar surface area (TPSA) is 37.8 Å². The Morgan fingerprint density at radius 1 is 1.29 bits per heavy atom. The number of halogens is 2. The summed E-state index contributed by atoms with van der Waals surface area (Å²) < 4.78 is 12.9. The second kappa shape index (κ2) is 5.98. The third-order valence-corrected chi connectivity index (χ3v) is 3.70. The van der Waals surface area contributed by atoms with Gasteiger partial charge in [-0.2, -0.15) is 0 Å². The first-order valence-corrected chi connectivity index (χ1v) is 7.53. The molecule has 21 heavy (non-hydrogen) atoms. The Morgan fingerprint density at radius 3 is 2.67 bits per heavy atom. The van der Waals surface area contributed by atoms with E-state index in [4.69, 9.17) is 11.6 Å². The Balaban J connectivity index is 1.66. The minimum atomic E-state index is -0.212. The summed E-state index contributed by atoms with van der Waals surface area (Å²) >= 11 is 6.05. The summed E-state index contributed by atoms with van der Waals surface area (Å²) in [6.07, 6.45) is 3.08. The fourth-order valence-electron chi connectivity index (χ4n) is 2.31. The maximum Gasteiger partial charge on any atom is 0.135 e. The molecule has 110 valence electrons. The largest absolute Gasteiger partial charge is 0.367 e. The van der Waals surface area contributed by atoms with Gasteiger partial charge in [0, 0.05) is 18.0 Å². The molecule has 1 aliphatic carbocycles. The first kappa shape index (κ1) is 14.3. The Bertz CT molecular complexity index is 626. The third kappa shape index (κ3) is 3.91. The number of rotatable bonds is 5. The first-order valence-electron chi connectivity index (χ1n) is 7.15. The zero-order valence-corrected chi connectivity index (χ0v) is 12.6. The molecule has 0 radical (unpaired) electrons. The van der Waals surface area contributed by atoms with Crippen LogP contribution in [0.2, 0.25) is 5.15 Å². The van der Waals surface area contributed by atoms with E-state index < -0.39 is 0 Å². The normalized spacial score (nSPS) is 15.8. The summed E-state index contributed by atoms with van der Waals surface area (Å²) in [4.78, 5) is 8.79. The van der Waals surface area contributed by atoms with Crippen molar-refractivity contribution in [1.29, 1.82) is 0 Å². The van der Waals surface area contributed by atoms with Crippen molar-refractivity contribution in [2.24, 2.45) is 0 Å². The number of hydrogen-bond donors (Lipinski definition) is 1. The summed E-state index contributed by atoms with van der Waals surface area (Å²) in [6, 6.07) is 8.48. The maximum absolute atomic E-state index is 12.9. The SMILES string of the molecule is CC(Cc1ccc(F)cc1)Nc1cc(Cl)nc(C2CC2)n1. The Kier molecular flexibility index (Phi) is 4.06. The van der Waals surface area contributed by atoms with Crippen molar-refractivity contribution >= 4 is 17.4 Å². The van der Waals surface area contributed by atoms with Gasteiger partial charge in [-0.25, -0.2) is 14.4 Å². The maximum atomic E-state index is 12.9. The van der Waals surface area contributed by atoms with Gasteiger partial charge in [0.1, 0.15) is 22.6 Å². The van der Waals surface area contributed by atoms with Gasteiger partial charge in [-0.3, -0.25) is 0 Å². The van der Waals surface area contributed by atoms with Gasteiger partial charge in [-0.15, -0.1) is 0 Å². The lowest BCUT2D eigenvalue weighted by Gasteiger charge is -2.15. The van der Waals surface area contributed by atoms with Crippen LogP contribution in [0.3, 0.4) is 0 Å². The molecule has 3 rings (SSSR count). The summed E-state index contributed by atoms with van der Waals surface area (Å²) in [6.45, 7) is 2.07. The fraction of sp³-hybridized carbons (Fsp3) is 0.375. The lowest BCUT2D eigenvalue weighted by Crippen LogP contribution is -2.19. The summed E-state index contributed by atoms with van der Waals surface area (Å²) in [5, 5.41) is 3.81. The van der Waals surface area contributed by atoms with Crippen molar-refractivity contribution < 1.29 is 4.39 Å². The molecule has 5 heteroatoms. The van der Waals surface area contributed by atoms with Gasteiger partial charge in [0.15, 0.2) is 0 Å². The highest BCUT2D eigenvalue weighted by atomic mass is 35.5. The van der Waals surface area contributed by atoms with Crippen molar-refractivity contribution in [3.05, 3.63) is 52.7 Å². The Morgan fingerprint density at radius 2 is 2.00 bits per heavy atom. The summed E-state index contributed by atoms with van der Waals surface area (Å²) in [5.41, 5.74) is 1.08. The van der Waals surface area contributed by atoms with E-state index in [1.54, 1.807) is 18.2 Å². The van der Waals surface area contributed by atoms with Gasteiger partial charge in [0.05, 0.1) is 0 Å². The van der Waals surface area contributed by atoms with Crippen LogP contribution in [-0.2, 0) is 6.42 Å². The molecular weight excluding hydrogens is 289 g/mol. The molecule has 1 saturated carbocycles. The van der Waals surface area contributed by atoms with Crippen LogP contribution < -0.4 is 5.32 Å². The second-order valence-electron chi connectivity index (χ2n) is 5.58. The van der Waals surface area contributed by atoms with E-state index in [1.165, 1.54) is 12.1 Å². The predicted molar refractivity (Wildman–Crippen MR) is 82.2 cm³/mol. The average molecular weight is 306 g/mol. The smallest absolute Gasteiger partial charge is 0.135 e. The van der Waals surface area contributed by atoms with Gasteiger partial charge < -0.3 is 5.32 Å². The van der Waals surface area contributed by atoms with E-state index in [0.717, 1.165) is 36.5 Å². The number of aromatic nitrogens is 2. The summed E-state index contributed by atoms with van der Waals surface area (Å²) in [7, 11) is 0. The van der Waals surface area contributed by atoms with E-state index in [0.29, 0.717) is 11.1 Å². The number of nitrogens with zero attached hydrogens (tertiary/aromatic N) is 2. The van der Waals surface area contributed by atoms with Gasteiger partial charge >= 0.3 is 0 Å². The highest BCUT2D eigenvalue weighted by Crippen LogP contribution is 2.38. The van der Waals surface area contributed by atoms with Crippen molar-refractivity contribution in [2.75, 3.05) is 5.32 Å². The van der Waals surface area contributed by atoms with Crippen molar-refractivity contribution in [3.63, 3.8) is 0 Å². The van der Waals surface area contributed by atoms with Gasteiger partial charge in [0.25, 0.3) is 0 Å². The molecule has 0 aliphatic heterocycles. The Labute approximate surface area is 128 Å². The molecule has 2 aromatic rings. The van der Waals surface area contributed by atoms with Gasteiger partial charge in [0.2, 0.25) is 0 Å². The molecular formula is C16H17ClFN3. The van der Waals surface area contributed by atoms with Crippen LogP contribution >= 0.6 is 11.6 Å². The van der Waals surface area contributed by atoms with Crippen molar-refractivity contribution in [1.82, 2.24) is 9.97 Å². The molecule has 3 nitrogen and oxygen atoms in total. The van der Waals surface area contributed by atoms with Crippen LogP contribution in [0.25, 0.3) is 0 Å². The molecule has 1 aromatic heterocycles. The zero-order chi connectivity index (χ0) is 14.8. The molecule has 0 spiro atoms. The highest BCUT2D eigenvalue weighted by molar-refractivity contribution is 6.29. The molecule has 1 unspecified atom stereocenters. The lowest BCUT2D eigenvalue weighted by molar-refractivity contribution is 0.626. The molecule has 1 heterocycles.